The molecular formula is C17H15ClN6O2. The van der Waals surface area contributed by atoms with Gasteiger partial charge in [-0.05, 0) is 24.3 Å². The Morgan fingerprint density at radius 1 is 1.23 bits per heavy atom. The summed E-state index contributed by atoms with van der Waals surface area (Å²) in [5.41, 5.74) is 0.684. The molecule has 0 unspecified atom stereocenters. The van der Waals surface area contributed by atoms with Crippen LogP contribution in [-0.2, 0) is 4.79 Å². The SMILES string of the molecule is O=C(CN1CC(c2nc(-c3ncccn3)no2)C1)Nc1cccc(Cl)c1. The quantitative estimate of drug-likeness (QED) is 0.735. The molecule has 0 bridgehead atoms. The second kappa shape index (κ2) is 7.19. The van der Waals surface area contributed by atoms with Crippen LogP contribution in [0.2, 0.25) is 5.02 Å². The highest BCUT2D eigenvalue weighted by molar-refractivity contribution is 6.30. The summed E-state index contributed by atoms with van der Waals surface area (Å²) < 4.78 is 5.30. The first-order valence-corrected chi connectivity index (χ1v) is 8.44. The van der Waals surface area contributed by atoms with E-state index >= 15 is 0 Å². The Hall–Kier alpha value is -2.84. The topological polar surface area (TPSA) is 97.0 Å². The van der Waals surface area contributed by atoms with Gasteiger partial charge in [0.25, 0.3) is 0 Å². The molecule has 1 aromatic carbocycles. The van der Waals surface area contributed by atoms with Crippen LogP contribution in [-0.4, -0.2) is 50.5 Å². The van der Waals surface area contributed by atoms with Gasteiger partial charge in [0.05, 0.1) is 12.5 Å². The zero-order chi connectivity index (χ0) is 17.9. The van der Waals surface area contributed by atoms with Crippen molar-refractivity contribution in [3.05, 3.63) is 53.6 Å². The van der Waals surface area contributed by atoms with Gasteiger partial charge < -0.3 is 9.84 Å². The maximum atomic E-state index is 12.1. The number of carbonyl (C=O) groups is 1. The monoisotopic (exact) mass is 370 g/mol. The van der Waals surface area contributed by atoms with E-state index in [1.807, 2.05) is 4.90 Å². The second-order valence-electron chi connectivity index (χ2n) is 5.98. The van der Waals surface area contributed by atoms with Crippen molar-refractivity contribution in [1.82, 2.24) is 25.0 Å². The molecule has 0 saturated carbocycles. The Morgan fingerprint density at radius 3 is 2.81 bits per heavy atom. The minimum atomic E-state index is -0.0883. The van der Waals surface area contributed by atoms with Crippen LogP contribution >= 0.6 is 11.6 Å². The van der Waals surface area contributed by atoms with E-state index in [9.17, 15) is 4.79 Å². The summed E-state index contributed by atoms with van der Waals surface area (Å²) in [6.45, 7) is 1.66. The summed E-state index contributed by atoms with van der Waals surface area (Å²) in [5, 5.41) is 7.33. The summed E-state index contributed by atoms with van der Waals surface area (Å²) in [5.74, 6) is 1.37. The number of rotatable bonds is 5. The van der Waals surface area contributed by atoms with Gasteiger partial charge in [0.15, 0.2) is 0 Å². The molecule has 0 aliphatic carbocycles. The van der Waals surface area contributed by atoms with Crippen molar-refractivity contribution in [2.75, 3.05) is 25.0 Å². The van der Waals surface area contributed by atoms with Crippen LogP contribution in [0.3, 0.4) is 0 Å². The number of halogens is 1. The normalized spacial score (nSPS) is 14.8. The lowest BCUT2D eigenvalue weighted by molar-refractivity contribution is -0.118. The Bertz CT molecular complexity index is 910. The van der Waals surface area contributed by atoms with Crippen molar-refractivity contribution >= 4 is 23.2 Å². The number of benzene rings is 1. The summed E-state index contributed by atoms with van der Waals surface area (Å²) in [6, 6.07) is 8.79. The van der Waals surface area contributed by atoms with Gasteiger partial charge in [-0.25, -0.2) is 9.97 Å². The van der Waals surface area contributed by atoms with Crippen LogP contribution in [0.5, 0.6) is 0 Å². The first-order valence-electron chi connectivity index (χ1n) is 8.06. The third kappa shape index (κ3) is 3.71. The Balaban J connectivity index is 1.29. The van der Waals surface area contributed by atoms with Gasteiger partial charge in [-0.1, -0.05) is 22.8 Å². The van der Waals surface area contributed by atoms with Gasteiger partial charge in [-0.15, -0.1) is 0 Å². The van der Waals surface area contributed by atoms with Crippen molar-refractivity contribution in [1.29, 1.82) is 0 Å². The number of hydrogen-bond acceptors (Lipinski definition) is 7. The van der Waals surface area contributed by atoms with Crippen molar-refractivity contribution in [2.45, 2.75) is 5.92 Å². The molecule has 8 nitrogen and oxygen atoms in total. The lowest BCUT2D eigenvalue weighted by Gasteiger charge is -2.36. The number of amides is 1. The van der Waals surface area contributed by atoms with Crippen molar-refractivity contribution in [2.24, 2.45) is 0 Å². The molecule has 4 rings (SSSR count). The molecule has 26 heavy (non-hydrogen) atoms. The van der Waals surface area contributed by atoms with Crippen LogP contribution in [0.4, 0.5) is 5.69 Å². The van der Waals surface area contributed by atoms with Crippen LogP contribution in [0, 0.1) is 0 Å². The minimum absolute atomic E-state index is 0.0883. The van der Waals surface area contributed by atoms with E-state index in [0.717, 1.165) is 0 Å². The predicted octanol–water partition coefficient (Wildman–Crippen LogP) is 2.22. The summed E-state index contributed by atoms with van der Waals surface area (Å²) in [6.07, 6.45) is 3.25. The Morgan fingerprint density at radius 2 is 2.04 bits per heavy atom. The zero-order valence-electron chi connectivity index (χ0n) is 13.7. The van der Waals surface area contributed by atoms with Crippen LogP contribution in [0.25, 0.3) is 11.6 Å². The molecule has 1 fully saturated rings. The predicted molar refractivity (Wildman–Crippen MR) is 94.6 cm³/mol. The first-order chi connectivity index (χ1) is 12.7. The Kier molecular flexibility index (Phi) is 4.59. The number of hydrogen-bond donors (Lipinski definition) is 1. The molecule has 1 saturated heterocycles. The van der Waals surface area contributed by atoms with Crippen molar-refractivity contribution in [3.63, 3.8) is 0 Å². The maximum Gasteiger partial charge on any atom is 0.240 e. The lowest BCUT2D eigenvalue weighted by atomic mass is 10.0. The van der Waals surface area contributed by atoms with Gasteiger partial charge in [0.1, 0.15) is 0 Å². The average Bonchev–Trinajstić information content (AvgIpc) is 3.08. The van der Waals surface area contributed by atoms with Crippen molar-refractivity contribution < 1.29 is 9.32 Å². The summed E-state index contributed by atoms with van der Waals surface area (Å²) in [7, 11) is 0. The first kappa shape index (κ1) is 16.6. The van der Waals surface area contributed by atoms with E-state index in [1.54, 1.807) is 42.7 Å². The summed E-state index contributed by atoms with van der Waals surface area (Å²) in [4.78, 5) is 26.6. The van der Waals surface area contributed by atoms with Crippen molar-refractivity contribution in [3.8, 4) is 11.6 Å². The zero-order valence-corrected chi connectivity index (χ0v) is 14.4. The van der Waals surface area contributed by atoms with E-state index in [4.69, 9.17) is 16.1 Å². The molecular weight excluding hydrogens is 356 g/mol. The number of carbonyl (C=O) groups excluding carboxylic acids is 1. The molecule has 1 aliphatic heterocycles. The van der Waals surface area contributed by atoms with E-state index in [0.29, 0.717) is 47.9 Å². The fourth-order valence-corrected chi connectivity index (χ4v) is 2.92. The highest BCUT2D eigenvalue weighted by Crippen LogP contribution is 2.26. The van der Waals surface area contributed by atoms with E-state index in [-0.39, 0.29) is 11.8 Å². The third-order valence-corrected chi connectivity index (χ3v) is 4.22. The second-order valence-corrected chi connectivity index (χ2v) is 6.41. The number of likely N-dealkylation sites (tertiary alicyclic amines) is 1. The van der Waals surface area contributed by atoms with Gasteiger partial charge >= 0.3 is 0 Å². The fourth-order valence-electron chi connectivity index (χ4n) is 2.73. The molecule has 1 N–H and O–H groups in total. The standard InChI is InChI=1S/C17H15ClN6O2/c18-12-3-1-4-13(7-12)21-14(25)10-24-8-11(9-24)17-22-16(23-26-17)15-19-5-2-6-20-15/h1-7,11H,8-10H2,(H,21,25). The Labute approximate surface area is 154 Å². The van der Waals surface area contributed by atoms with Crippen LogP contribution in [0.15, 0.2) is 47.2 Å². The number of aromatic nitrogens is 4. The average molecular weight is 371 g/mol. The molecule has 3 aromatic rings. The van der Waals surface area contributed by atoms with Gasteiger partial charge in [-0.2, -0.15) is 4.98 Å². The number of nitrogens with one attached hydrogen (secondary N) is 1. The molecule has 1 aliphatic rings. The molecule has 0 atom stereocenters. The summed E-state index contributed by atoms with van der Waals surface area (Å²) >= 11 is 5.91. The van der Waals surface area contributed by atoms with Crippen LogP contribution < -0.4 is 5.32 Å². The van der Waals surface area contributed by atoms with Gasteiger partial charge in [0.2, 0.25) is 23.4 Å². The fraction of sp³-hybridized carbons (Fsp3) is 0.235. The van der Waals surface area contributed by atoms with Gasteiger partial charge in [0, 0.05) is 36.2 Å². The third-order valence-electron chi connectivity index (χ3n) is 3.99. The molecule has 1 amide bonds. The van der Waals surface area contributed by atoms with E-state index in [1.165, 1.54) is 0 Å². The van der Waals surface area contributed by atoms with Gasteiger partial charge in [-0.3, -0.25) is 9.69 Å². The highest BCUT2D eigenvalue weighted by Gasteiger charge is 2.33. The number of anilines is 1. The van der Waals surface area contributed by atoms with Crippen LogP contribution in [0.1, 0.15) is 11.8 Å². The highest BCUT2D eigenvalue weighted by atomic mass is 35.5. The van der Waals surface area contributed by atoms with E-state index in [2.05, 4.69) is 25.4 Å². The molecule has 0 spiro atoms. The lowest BCUT2D eigenvalue weighted by Crippen LogP contribution is -2.48. The molecule has 132 valence electrons. The molecule has 3 heterocycles. The molecule has 9 heteroatoms. The largest absolute Gasteiger partial charge is 0.338 e. The van der Waals surface area contributed by atoms with E-state index < -0.39 is 0 Å². The minimum Gasteiger partial charge on any atom is -0.338 e. The number of nitrogens with zero attached hydrogens (tertiary/aromatic N) is 5. The maximum absolute atomic E-state index is 12.1. The molecule has 2 aromatic heterocycles. The smallest absolute Gasteiger partial charge is 0.240 e. The molecule has 0 radical (unpaired) electrons.